The lowest BCUT2D eigenvalue weighted by Gasteiger charge is -2.32. The number of carbonyl (C=O) groups excluding carboxylic acids is 1. The van der Waals surface area contributed by atoms with Gasteiger partial charge >= 0.3 is 6.03 Å². The summed E-state index contributed by atoms with van der Waals surface area (Å²) in [6.07, 6.45) is 5.55. The average Bonchev–Trinajstić information content (AvgIpc) is 3.88. The van der Waals surface area contributed by atoms with E-state index in [1.165, 1.54) is 0 Å². The van der Waals surface area contributed by atoms with Gasteiger partial charge in [-0.05, 0) is 82.1 Å². The number of carbonyl (C=O) groups is 2. The molecule has 3 atom stereocenters. The van der Waals surface area contributed by atoms with E-state index in [0.29, 0.717) is 35.7 Å². The summed E-state index contributed by atoms with van der Waals surface area (Å²) >= 11 is 6.50. The number of nitrogens with zero attached hydrogens (tertiary/aromatic N) is 7. The molecule has 15 heteroatoms. The van der Waals surface area contributed by atoms with Crippen molar-refractivity contribution >= 4 is 41.5 Å². The number of rotatable bonds is 10. The van der Waals surface area contributed by atoms with E-state index in [-0.39, 0.29) is 30.1 Å². The maximum Gasteiger partial charge on any atom is 0.320 e. The van der Waals surface area contributed by atoms with Crippen molar-refractivity contribution in [2.45, 2.75) is 77.0 Å². The van der Waals surface area contributed by atoms with Crippen LogP contribution in [0.15, 0.2) is 66.9 Å². The van der Waals surface area contributed by atoms with Crippen LogP contribution in [0.2, 0.25) is 5.02 Å². The molecule has 1 aliphatic carbocycles. The van der Waals surface area contributed by atoms with Gasteiger partial charge in [0.2, 0.25) is 5.95 Å². The predicted molar refractivity (Wildman–Crippen MR) is 213 cm³/mol. The number of likely N-dealkylation sites (N-methyl/N-ethyl adjacent to an activating group) is 1. The average molecular weight is 772 g/mol. The minimum absolute atomic E-state index is 0.171. The van der Waals surface area contributed by atoms with Gasteiger partial charge in [-0.2, -0.15) is 5.10 Å². The van der Waals surface area contributed by atoms with Crippen LogP contribution < -0.4 is 25.0 Å². The molecule has 1 saturated heterocycles. The molecule has 0 bridgehead atoms. The Morgan fingerprint density at radius 3 is 2.53 bits per heavy atom. The molecule has 1 fully saturated rings. The fourth-order valence-corrected chi connectivity index (χ4v) is 7.13. The van der Waals surface area contributed by atoms with Crippen LogP contribution in [-0.4, -0.2) is 86.7 Å². The van der Waals surface area contributed by atoms with Gasteiger partial charge in [0, 0.05) is 36.7 Å². The highest BCUT2D eigenvalue weighted by atomic mass is 35.5. The molecule has 1 aliphatic heterocycles. The number of hydrogen-bond donors (Lipinski definition) is 3. The molecule has 0 spiro atoms. The number of benzene rings is 2. The molecule has 2 amide bonds. The number of urea groups is 1. The lowest BCUT2D eigenvalue weighted by molar-refractivity contribution is -0.122. The number of carboxylic acid groups (broad SMARTS) is 1. The topological polar surface area (TPSA) is 151 Å². The van der Waals surface area contributed by atoms with Crippen molar-refractivity contribution in [3.63, 3.8) is 0 Å². The van der Waals surface area contributed by atoms with Gasteiger partial charge in [0.15, 0.2) is 5.65 Å². The number of nitrogens with one attached hydrogen (secondary N) is 2. The van der Waals surface area contributed by atoms with Crippen molar-refractivity contribution in [3.05, 3.63) is 88.7 Å². The number of anilines is 2. The fourth-order valence-electron chi connectivity index (χ4n) is 6.96. The summed E-state index contributed by atoms with van der Waals surface area (Å²) < 4.78 is 16.4. The van der Waals surface area contributed by atoms with Crippen LogP contribution in [0.3, 0.4) is 0 Å². The van der Waals surface area contributed by atoms with Gasteiger partial charge in [0.1, 0.15) is 30.0 Å². The maximum atomic E-state index is 13.7. The molecule has 4 heterocycles. The first-order valence-electron chi connectivity index (χ1n) is 18.6. The molecule has 2 aromatic carbocycles. The zero-order chi connectivity index (χ0) is 39.3. The van der Waals surface area contributed by atoms with E-state index in [0.717, 1.165) is 72.2 Å². The summed E-state index contributed by atoms with van der Waals surface area (Å²) in [7, 11) is 3.98. The molecule has 2 aliphatic rings. The minimum atomic E-state index is -0.320. The molecule has 55 heavy (non-hydrogen) atoms. The van der Waals surface area contributed by atoms with Crippen LogP contribution in [0.4, 0.5) is 16.6 Å². The third kappa shape index (κ3) is 9.14. The molecule has 3 N–H and O–H groups in total. The highest BCUT2D eigenvalue weighted by Crippen LogP contribution is 2.39. The molecule has 0 radical (unpaired) electrons. The van der Waals surface area contributed by atoms with Gasteiger partial charge in [0.25, 0.3) is 6.47 Å². The molecule has 7 rings (SSSR count). The second kappa shape index (κ2) is 17.0. The SMILES string of the molecule is CC1CCCN1c1nnc2ccc(O[C@@H]3CC[C@H](NC(=O)Nc4cc(C(C)(C)C)nn4-c4ccc(Cl)c(OCCN(C)C)c4)c4ccccc43)cn12.O=CO. The van der Waals surface area contributed by atoms with Gasteiger partial charge in [-0.15, -0.1) is 10.2 Å². The van der Waals surface area contributed by atoms with Crippen LogP contribution in [0.1, 0.15) is 82.3 Å². The van der Waals surface area contributed by atoms with E-state index in [2.05, 4.69) is 65.6 Å². The first kappa shape index (κ1) is 39.4. The summed E-state index contributed by atoms with van der Waals surface area (Å²) in [4.78, 5) is 26.4. The monoisotopic (exact) mass is 771 g/mol. The van der Waals surface area contributed by atoms with Crippen molar-refractivity contribution in [1.82, 2.24) is 34.6 Å². The van der Waals surface area contributed by atoms with Gasteiger partial charge in [-0.25, -0.2) is 9.48 Å². The second-order valence-electron chi connectivity index (χ2n) is 15.2. The molecular formula is C40H50ClN9O5. The van der Waals surface area contributed by atoms with Gasteiger partial charge in [0.05, 0.1) is 28.6 Å². The van der Waals surface area contributed by atoms with Crippen molar-refractivity contribution < 1.29 is 24.2 Å². The van der Waals surface area contributed by atoms with Crippen LogP contribution >= 0.6 is 11.6 Å². The number of fused-ring (bicyclic) bond motifs is 2. The molecular weight excluding hydrogens is 722 g/mol. The smallest absolute Gasteiger partial charge is 0.320 e. The Morgan fingerprint density at radius 2 is 1.82 bits per heavy atom. The predicted octanol–water partition coefficient (Wildman–Crippen LogP) is 7.27. The molecule has 3 aromatic heterocycles. The number of halogens is 1. The number of amides is 2. The van der Waals surface area contributed by atoms with E-state index < -0.39 is 0 Å². The van der Waals surface area contributed by atoms with E-state index in [4.69, 9.17) is 36.1 Å². The Labute approximate surface area is 326 Å². The molecule has 5 aromatic rings. The summed E-state index contributed by atoms with van der Waals surface area (Å²) in [5.41, 5.74) is 4.19. The highest BCUT2D eigenvalue weighted by Gasteiger charge is 2.31. The Bertz CT molecular complexity index is 2110. The van der Waals surface area contributed by atoms with Gasteiger partial charge in [-0.1, -0.05) is 56.6 Å². The van der Waals surface area contributed by atoms with Gasteiger partial charge in [-0.3, -0.25) is 14.5 Å². The summed E-state index contributed by atoms with van der Waals surface area (Å²) in [5, 5.41) is 27.5. The summed E-state index contributed by atoms with van der Waals surface area (Å²) in [6, 6.07) is 19.4. The summed E-state index contributed by atoms with van der Waals surface area (Å²) in [6.45, 7) is 10.5. The Kier molecular flexibility index (Phi) is 12.2. The minimum Gasteiger partial charge on any atom is -0.491 e. The number of hydrogen-bond acceptors (Lipinski definition) is 9. The number of ether oxygens (including phenoxy) is 2. The molecule has 292 valence electrons. The third-order valence-corrected chi connectivity index (χ3v) is 10.2. The zero-order valence-corrected chi connectivity index (χ0v) is 33.0. The standard InChI is InChI=1S/C39H48ClN9O3.CH2O2/c1-25-10-9-19-47(25)38-44-43-35-18-14-27(24-48(35)38)52-32-17-16-31(28-11-7-8-12-29(28)32)41-37(50)42-36-23-34(39(2,3)4)45-49(36)26-13-15-30(40)33(22-26)51-21-20-46(5)6;2-1-3/h7-8,11-15,18,22-25,31-32H,9-10,16-17,19-21H2,1-6H3,(H2,41,42,50);1H,(H,2,3)/t25?,31-,32+;/m0./s1. The van der Waals surface area contributed by atoms with Crippen molar-refractivity contribution in [1.29, 1.82) is 0 Å². The first-order valence-corrected chi connectivity index (χ1v) is 18.9. The van der Waals surface area contributed by atoms with Crippen LogP contribution in [0.5, 0.6) is 11.5 Å². The van der Waals surface area contributed by atoms with Crippen LogP contribution in [0, 0.1) is 0 Å². The largest absolute Gasteiger partial charge is 0.491 e. The second-order valence-corrected chi connectivity index (χ2v) is 15.6. The van der Waals surface area contributed by atoms with Gasteiger partial charge < -0.3 is 29.7 Å². The summed E-state index contributed by atoms with van der Waals surface area (Å²) in [5.74, 6) is 2.70. The Morgan fingerprint density at radius 1 is 1.05 bits per heavy atom. The van der Waals surface area contributed by atoms with E-state index in [9.17, 15) is 4.79 Å². The highest BCUT2D eigenvalue weighted by molar-refractivity contribution is 6.32. The maximum absolute atomic E-state index is 13.7. The van der Waals surface area contributed by atoms with E-state index in [1.54, 1.807) is 10.7 Å². The van der Waals surface area contributed by atoms with Crippen molar-refractivity contribution in [2.75, 3.05) is 44.0 Å². The number of pyridine rings is 1. The molecule has 14 nitrogen and oxygen atoms in total. The molecule has 1 unspecified atom stereocenters. The molecule has 0 saturated carbocycles. The lowest BCUT2D eigenvalue weighted by Crippen LogP contribution is -2.36. The van der Waals surface area contributed by atoms with E-state index >= 15 is 0 Å². The Balaban J connectivity index is 0.00000166. The van der Waals surface area contributed by atoms with Crippen molar-refractivity contribution in [2.24, 2.45) is 0 Å². The number of aromatic nitrogens is 5. The zero-order valence-electron chi connectivity index (χ0n) is 32.2. The third-order valence-electron chi connectivity index (χ3n) is 9.86. The van der Waals surface area contributed by atoms with Crippen LogP contribution in [-0.2, 0) is 10.2 Å². The van der Waals surface area contributed by atoms with Crippen LogP contribution in [0.25, 0.3) is 11.3 Å². The quantitative estimate of drug-likeness (QED) is 0.124. The normalized spacial score (nSPS) is 18.0. The fraction of sp³-hybridized carbons (Fsp3) is 0.425. The lowest BCUT2D eigenvalue weighted by atomic mass is 9.85. The van der Waals surface area contributed by atoms with E-state index in [1.807, 2.05) is 72.1 Å². The Hall–Kier alpha value is -5.34. The first-order chi connectivity index (χ1) is 26.4. The van der Waals surface area contributed by atoms with Crippen molar-refractivity contribution in [3.8, 4) is 17.2 Å².